The molecule has 1 atom stereocenters. The second-order valence-electron chi connectivity index (χ2n) is 4.24. The van der Waals surface area contributed by atoms with E-state index in [9.17, 15) is 13.2 Å². The van der Waals surface area contributed by atoms with Crippen LogP contribution in [0.2, 0.25) is 0 Å². The van der Waals surface area contributed by atoms with Crippen molar-refractivity contribution in [3.63, 3.8) is 0 Å². The van der Waals surface area contributed by atoms with Gasteiger partial charge in [0.2, 0.25) is 0 Å². The number of hydrogen-bond acceptors (Lipinski definition) is 6. The Morgan fingerprint density at radius 2 is 2.06 bits per heavy atom. The Morgan fingerprint density at radius 3 is 2.67 bits per heavy atom. The summed E-state index contributed by atoms with van der Waals surface area (Å²) < 4.78 is 39.6. The van der Waals surface area contributed by atoms with Crippen LogP contribution in [0.15, 0.2) is 20.0 Å². The lowest BCUT2D eigenvalue weighted by atomic mass is 10.2. The molecule has 0 aromatic carbocycles. The van der Waals surface area contributed by atoms with E-state index in [2.05, 4.69) is 25.3 Å². The summed E-state index contributed by atoms with van der Waals surface area (Å²) in [6.45, 7) is 0. The Balaban J connectivity index is 2.06. The average Bonchev–Trinajstić information content (AvgIpc) is 2.92. The van der Waals surface area contributed by atoms with E-state index < -0.39 is 12.0 Å². The molecule has 3 rings (SSSR count). The molecule has 0 aromatic heterocycles. The molecule has 0 aromatic rings. The minimum absolute atomic E-state index is 0.0903. The molecule has 6 nitrogen and oxygen atoms in total. The third-order valence-electron chi connectivity index (χ3n) is 2.75. The van der Waals surface area contributed by atoms with Crippen LogP contribution in [0.4, 0.5) is 13.2 Å². The van der Waals surface area contributed by atoms with Crippen LogP contribution in [0.1, 0.15) is 12.8 Å². The van der Waals surface area contributed by atoms with Crippen LogP contribution in [0.3, 0.4) is 0 Å². The lowest BCUT2D eigenvalue weighted by Gasteiger charge is -2.32. The zero-order chi connectivity index (χ0) is 13.0. The summed E-state index contributed by atoms with van der Waals surface area (Å²) in [6.07, 6.45) is -2.23. The van der Waals surface area contributed by atoms with Gasteiger partial charge < -0.3 is 5.73 Å². The first kappa shape index (κ1) is 11.3. The molecule has 2 aliphatic heterocycles. The van der Waals surface area contributed by atoms with Gasteiger partial charge in [-0.3, -0.25) is 5.32 Å². The second kappa shape index (κ2) is 3.37. The van der Waals surface area contributed by atoms with Gasteiger partial charge in [-0.15, -0.1) is 0 Å². The normalized spacial score (nSPS) is 30.7. The molecule has 0 saturated heterocycles. The minimum Gasteiger partial charge on any atom is -0.382 e. The topological polar surface area (TPSA) is 87.5 Å². The van der Waals surface area contributed by atoms with Crippen molar-refractivity contribution < 1.29 is 13.2 Å². The van der Waals surface area contributed by atoms with E-state index in [4.69, 9.17) is 5.73 Å². The Kier molecular flexibility index (Phi) is 2.12. The predicted molar refractivity (Wildman–Crippen MR) is 59.9 cm³/mol. The SMILES string of the molecule is NC1=NC(NC2CC2)(C(F)(F)F)N=C2N=CN=C12. The highest BCUT2D eigenvalue weighted by Gasteiger charge is 2.59. The van der Waals surface area contributed by atoms with Crippen LogP contribution >= 0.6 is 0 Å². The number of rotatable bonds is 2. The lowest BCUT2D eigenvalue weighted by Crippen LogP contribution is -2.59. The summed E-state index contributed by atoms with van der Waals surface area (Å²) in [7, 11) is 0. The van der Waals surface area contributed by atoms with E-state index in [0.29, 0.717) is 12.8 Å². The molecule has 1 fully saturated rings. The zero-order valence-corrected chi connectivity index (χ0v) is 9.07. The predicted octanol–water partition coefficient (Wildman–Crippen LogP) is 0.207. The first-order valence-electron chi connectivity index (χ1n) is 5.32. The number of halogens is 3. The molecule has 0 bridgehead atoms. The molecule has 0 radical (unpaired) electrons. The number of aliphatic imine (C=N–C) groups is 4. The van der Waals surface area contributed by atoms with Crippen LogP contribution in [-0.2, 0) is 0 Å². The highest BCUT2D eigenvalue weighted by Crippen LogP contribution is 2.38. The molecule has 0 spiro atoms. The highest BCUT2D eigenvalue weighted by molar-refractivity contribution is 6.70. The fourth-order valence-electron chi connectivity index (χ4n) is 1.71. The minimum atomic E-state index is -4.68. The molecule has 18 heavy (non-hydrogen) atoms. The fraction of sp³-hybridized carbons (Fsp3) is 0.556. The van der Waals surface area contributed by atoms with E-state index in [1.807, 2.05) is 0 Å². The first-order valence-corrected chi connectivity index (χ1v) is 5.32. The van der Waals surface area contributed by atoms with Gasteiger partial charge in [0, 0.05) is 6.04 Å². The molecule has 96 valence electrons. The van der Waals surface area contributed by atoms with Gasteiger partial charge in [0.05, 0.1) is 0 Å². The van der Waals surface area contributed by atoms with Crippen molar-refractivity contribution in [3.8, 4) is 0 Å². The van der Waals surface area contributed by atoms with Crippen LogP contribution in [0.25, 0.3) is 0 Å². The van der Waals surface area contributed by atoms with E-state index in [1.54, 1.807) is 0 Å². The van der Waals surface area contributed by atoms with Crippen LogP contribution in [-0.4, -0.2) is 41.7 Å². The van der Waals surface area contributed by atoms with Crippen LogP contribution < -0.4 is 11.1 Å². The number of hydrogen-bond donors (Lipinski definition) is 2. The monoisotopic (exact) mass is 258 g/mol. The Bertz CT molecular complexity index is 513. The molecule has 1 unspecified atom stereocenters. The molecule has 0 amide bonds. The summed E-state index contributed by atoms with van der Waals surface area (Å²) in [5.74, 6) is -3.16. The summed E-state index contributed by atoms with van der Waals surface area (Å²) in [6, 6.07) is -0.239. The van der Waals surface area contributed by atoms with Crippen molar-refractivity contribution in [3.05, 3.63) is 0 Å². The van der Waals surface area contributed by atoms with Crippen molar-refractivity contribution in [2.75, 3.05) is 0 Å². The van der Waals surface area contributed by atoms with Gasteiger partial charge in [0.1, 0.15) is 6.34 Å². The van der Waals surface area contributed by atoms with Gasteiger partial charge in [-0.25, -0.2) is 20.0 Å². The van der Waals surface area contributed by atoms with Gasteiger partial charge in [-0.2, -0.15) is 13.2 Å². The molecule has 2 heterocycles. The third-order valence-corrected chi connectivity index (χ3v) is 2.75. The molecule has 1 saturated carbocycles. The summed E-state index contributed by atoms with van der Waals surface area (Å²) in [5, 5.41) is 2.38. The number of amidine groups is 2. The quantitative estimate of drug-likeness (QED) is 0.741. The number of fused-ring (bicyclic) bond motifs is 1. The standard InChI is InChI=1S/C9H9F3N6/c10-8(11,12)9(16-4-1-2-4)17-6(13)5-7(18-9)15-3-14-5/h3-4,16H,1-2H2,(H2,13,17). The van der Waals surface area contributed by atoms with E-state index in [0.717, 1.165) is 6.34 Å². The maximum Gasteiger partial charge on any atom is 0.449 e. The van der Waals surface area contributed by atoms with Gasteiger partial charge in [0.25, 0.3) is 0 Å². The average molecular weight is 258 g/mol. The molecule has 9 heteroatoms. The Labute approximate surface area is 99.6 Å². The van der Waals surface area contributed by atoms with Gasteiger partial charge >= 0.3 is 12.0 Å². The number of nitrogens with zero attached hydrogens (tertiary/aromatic N) is 4. The largest absolute Gasteiger partial charge is 0.449 e. The zero-order valence-electron chi connectivity index (χ0n) is 9.07. The number of nitrogens with one attached hydrogen (secondary N) is 1. The highest BCUT2D eigenvalue weighted by atomic mass is 19.4. The summed E-state index contributed by atoms with van der Waals surface area (Å²) >= 11 is 0. The lowest BCUT2D eigenvalue weighted by molar-refractivity contribution is -0.192. The number of nitrogens with two attached hydrogens (primary N) is 1. The molecular formula is C9H9F3N6. The smallest absolute Gasteiger partial charge is 0.382 e. The van der Waals surface area contributed by atoms with Crippen molar-refractivity contribution in [1.82, 2.24) is 5.32 Å². The molecule has 3 aliphatic rings. The fourth-order valence-corrected chi connectivity index (χ4v) is 1.71. The third kappa shape index (κ3) is 1.62. The van der Waals surface area contributed by atoms with E-state index in [-0.39, 0.29) is 23.4 Å². The van der Waals surface area contributed by atoms with E-state index in [1.165, 1.54) is 0 Å². The molecular weight excluding hydrogens is 249 g/mol. The van der Waals surface area contributed by atoms with Gasteiger partial charge in [0.15, 0.2) is 17.4 Å². The first-order chi connectivity index (χ1) is 8.41. The second-order valence-corrected chi connectivity index (χ2v) is 4.24. The number of alkyl halides is 3. The van der Waals surface area contributed by atoms with Crippen molar-refractivity contribution >= 4 is 23.7 Å². The van der Waals surface area contributed by atoms with Crippen molar-refractivity contribution in [2.24, 2.45) is 25.7 Å². The van der Waals surface area contributed by atoms with Crippen molar-refractivity contribution in [2.45, 2.75) is 30.8 Å². The Morgan fingerprint density at radius 1 is 1.33 bits per heavy atom. The van der Waals surface area contributed by atoms with Crippen LogP contribution in [0.5, 0.6) is 0 Å². The van der Waals surface area contributed by atoms with Gasteiger partial charge in [-0.1, -0.05) is 0 Å². The molecule has 3 N–H and O–H groups in total. The maximum atomic E-state index is 13.2. The summed E-state index contributed by atoms with van der Waals surface area (Å²) in [4.78, 5) is 14.4. The van der Waals surface area contributed by atoms with E-state index >= 15 is 0 Å². The van der Waals surface area contributed by atoms with Crippen LogP contribution in [0, 0.1) is 0 Å². The van der Waals surface area contributed by atoms with Gasteiger partial charge in [-0.05, 0) is 12.8 Å². The Hall–Kier alpha value is -1.77. The molecule has 1 aliphatic carbocycles. The van der Waals surface area contributed by atoms with Crippen molar-refractivity contribution in [1.29, 1.82) is 0 Å². The maximum absolute atomic E-state index is 13.2. The summed E-state index contributed by atoms with van der Waals surface area (Å²) in [5.41, 5.74) is 5.60.